The molecule has 0 saturated heterocycles. The molecule has 0 radical (unpaired) electrons. The largest absolute Gasteiger partial charge is 0.0991 e. The molecule has 0 bridgehead atoms. The highest BCUT2D eigenvalue weighted by molar-refractivity contribution is 4.96. The minimum atomic E-state index is 1.23. The number of hydrogen-bond acceptors (Lipinski definition) is 0. The first-order chi connectivity index (χ1) is 13.9. The Kier molecular flexibility index (Phi) is 26.0. The Morgan fingerprint density at radius 1 is 0.429 bits per heavy atom. The molecule has 0 aliphatic heterocycles. The van der Waals surface area contributed by atoms with Gasteiger partial charge in [-0.1, -0.05) is 167 Å². The van der Waals surface area contributed by atoms with Crippen LogP contribution < -0.4 is 0 Å². The third-order valence-corrected chi connectivity index (χ3v) is 6.00. The van der Waals surface area contributed by atoms with Crippen LogP contribution in [0.4, 0.5) is 0 Å². The minimum absolute atomic E-state index is 1.23. The summed E-state index contributed by atoms with van der Waals surface area (Å²) in [6, 6.07) is 0. The van der Waals surface area contributed by atoms with Crippen LogP contribution in [0.3, 0.4) is 0 Å². The third-order valence-electron chi connectivity index (χ3n) is 6.00. The van der Waals surface area contributed by atoms with Crippen molar-refractivity contribution in [1.29, 1.82) is 0 Å². The van der Waals surface area contributed by atoms with E-state index in [4.69, 9.17) is 0 Å². The van der Waals surface area contributed by atoms with Gasteiger partial charge in [-0.15, -0.1) is 0 Å². The molecule has 0 rings (SSSR count). The van der Waals surface area contributed by atoms with E-state index in [1.807, 2.05) is 6.08 Å². The quantitative estimate of drug-likeness (QED) is 0.113. The second-order valence-corrected chi connectivity index (χ2v) is 8.88. The van der Waals surface area contributed by atoms with Gasteiger partial charge in [0.1, 0.15) is 0 Å². The van der Waals surface area contributed by atoms with E-state index in [2.05, 4.69) is 25.7 Å². The van der Waals surface area contributed by atoms with Crippen LogP contribution in [-0.4, -0.2) is 0 Å². The number of allylic oxidation sites excluding steroid dienone is 3. The molecule has 0 heteroatoms. The maximum absolute atomic E-state index is 3.70. The minimum Gasteiger partial charge on any atom is -0.0991 e. The van der Waals surface area contributed by atoms with E-state index in [1.54, 1.807) is 0 Å². The fraction of sp³-hybridized carbons (Fsp3) is 0.857. The maximum atomic E-state index is 3.70. The van der Waals surface area contributed by atoms with E-state index in [1.165, 1.54) is 148 Å². The van der Waals surface area contributed by atoms with E-state index in [9.17, 15) is 0 Å². The summed E-state index contributed by atoms with van der Waals surface area (Å²) in [5, 5.41) is 0. The average Bonchev–Trinajstić information content (AvgIpc) is 2.71. The number of unbranched alkanes of at least 4 members (excludes halogenated alkanes) is 22. The maximum Gasteiger partial charge on any atom is -0.0348 e. The lowest BCUT2D eigenvalue weighted by Gasteiger charge is -2.04. The molecule has 0 N–H and O–H groups in total. The molecule has 0 spiro atoms. The fourth-order valence-electron chi connectivity index (χ4n) is 4.06. The lowest BCUT2D eigenvalue weighted by Crippen LogP contribution is -1.84. The molecule has 0 amide bonds. The monoisotopic (exact) mass is 390 g/mol. The van der Waals surface area contributed by atoms with Gasteiger partial charge in [-0.3, -0.25) is 0 Å². The van der Waals surface area contributed by atoms with E-state index >= 15 is 0 Å². The van der Waals surface area contributed by atoms with Crippen molar-refractivity contribution >= 4 is 0 Å². The van der Waals surface area contributed by atoms with Gasteiger partial charge in [-0.25, -0.2) is 0 Å². The zero-order valence-electron chi connectivity index (χ0n) is 19.7. The van der Waals surface area contributed by atoms with Crippen LogP contribution in [0, 0.1) is 0 Å². The molecule has 0 aromatic rings. The number of hydrogen-bond donors (Lipinski definition) is 0. The SMILES string of the molecule is C=CC=CCCCCCCCCCCCCCCCCCCCCCCCC. The van der Waals surface area contributed by atoms with Crippen molar-refractivity contribution in [2.45, 2.75) is 155 Å². The van der Waals surface area contributed by atoms with Gasteiger partial charge in [0.2, 0.25) is 0 Å². The molecular formula is C28H54. The van der Waals surface area contributed by atoms with Crippen molar-refractivity contribution in [3.05, 3.63) is 24.8 Å². The van der Waals surface area contributed by atoms with Crippen molar-refractivity contribution < 1.29 is 0 Å². The molecule has 0 unspecified atom stereocenters. The summed E-state index contributed by atoms with van der Waals surface area (Å²) in [4.78, 5) is 0. The van der Waals surface area contributed by atoms with Crippen LogP contribution in [-0.2, 0) is 0 Å². The first kappa shape index (κ1) is 27.5. The lowest BCUT2D eigenvalue weighted by atomic mass is 10.0. The van der Waals surface area contributed by atoms with Crippen LogP contribution >= 0.6 is 0 Å². The van der Waals surface area contributed by atoms with Gasteiger partial charge < -0.3 is 0 Å². The predicted molar refractivity (Wildman–Crippen MR) is 131 cm³/mol. The first-order valence-electron chi connectivity index (χ1n) is 13.2. The normalized spacial score (nSPS) is 11.5. The van der Waals surface area contributed by atoms with E-state index < -0.39 is 0 Å². The summed E-state index contributed by atoms with van der Waals surface area (Å²) in [5.74, 6) is 0. The zero-order valence-corrected chi connectivity index (χ0v) is 19.7. The van der Waals surface area contributed by atoms with Gasteiger partial charge in [0.25, 0.3) is 0 Å². The highest BCUT2D eigenvalue weighted by atomic mass is 14.0. The smallest absolute Gasteiger partial charge is 0.0348 e. The second-order valence-electron chi connectivity index (χ2n) is 8.88. The molecule has 0 aliphatic rings. The Morgan fingerprint density at radius 3 is 1.00 bits per heavy atom. The van der Waals surface area contributed by atoms with Gasteiger partial charge in [0.05, 0.1) is 0 Å². The molecule has 28 heavy (non-hydrogen) atoms. The van der Waals surface area contributed by atoms with Gasteiger partial charge in [-0.05, 0) is 12.8 Å². The van der Waals surface area contributed by atoms with Crippen LogP contribution in [0.25, 0.3) is 0 Å². The van der Waals surface area contributed by atoms with Gasteiger partial charge >= 0.3 is 0 Å². The summed E-state index contributed by atoms with van der Waals surface area (Å²) < 4.78 is 0. The highest BCUT2D eigenvalue weighted by Crippen LogP contribution is 2.15. The average molecular weight is 391 g/mol. The number of rotatable bonds is 24. The Morgan fingerprint density at radius 2 is 0.714 bits per heavy atom. The lowest BCUT2D eigenvalue weighted by molar-refractivity contribution is 0.519. The molecule has 0 aromatic heterocycles. The summed E-state index contributed by atoms with van der Waals surface area (Å²) in [5.41, 5.74) is 0. The predicted octanol–water partition coefficient (Wildman–Crippen LogP) is 10.7. The molecule has 0 fully saturated rings. The first-order valence-corrected chi connectivity index (χ1v) is 13.2. The van der Waals surface area contributed by atoms with Crippen LogP contribution in [0.2, 0.25) is 0 Å². The summed E-state index contributed by atoms with van der Waals surface area (Å²) in [6.07, 6.45) is 39.5. The van der Waals surface area contributed by atoms with Gasteiger partial charge in [0, 0.05) is 0 Å². The molecule has 0 nitrogen and oxygen atoms in total. The topological polar surface area (TPSA) is 0 Å². The van der Waals surface area contributed by atoms with Gasteiger partial charge in [0.15, 0.2) is 0 Å². The van der Waals surface area contributed by atoms with Crippen LogP contribution in [0.15, 0.2) is 24.8 Å². The molecule has 166 valence electrons. The fourth-order valence-corrected chi connectivity index (χ4v) is 4.06. The molecule has 0 atom stereocenters. The van der Waals surface area contributed by atoms with Crippen LogP contribution in [0.5, 0.6) is 0 Å². The summed E-state index contributed by atoms with van der Waals surface area (Å²) in [6.45, 7) is 6.00. The van der Waals surface area contributed by atoms with Crippen molar-refractivity contribution in [2.75, 3.05) is 0 Å². The Labute approximate surface area is 179 Å². The Bertz CT molecular complexity index is 301. The molecule has 0 aromatic carbocycles. The molecule has 0 aliphatic carbocycles. The zero-order chi connectivity index (χ0) is 20.4. The van der Waals surface area contributed by atoms with Crippen molar-refractivity contribution in [3.8, 4) is 0 Å². The molecule has 0 heterocycles. The Hall–Kier alpha value is -0.520. The van der Waals surface area contributed by atoms with E-state index in [0.717, 1.165) is 0 Å². The van der Waals surface area contributed by atoms with Crippen molar-refractivity contribution in [3.63, 3.8) is 0 Å². The van der Waals surface area contributed by atoms with E-state index in [-0.39, 0.29) is 0 Å². The second kappa shape index (κ2) is 26.5. The standard InChI is InChI=1S/C28H54/c1-3-5-7-9-11-13-15-17-19-21-23-25-27-28-26-24-22-20-18-16-14-12-10-8-6-4-2/h3,5,7H,1,4,6,8-28H2,2H3. The Balaban J connectivity index is 2.99. The van der Waals surface area contributed by atoms with Crippen molar-refractivity contribution in [2.24, 2.45) is 0 Å². The molecule has 0 saturated carbocycles. The van der Waals surface area contributed by atoms with E-state index in [0.29, 0.717) is 0 Å². The van der Waals surface area contributed by atoms with Crippen molar-refractivity contribution in [1.82, 2.24) is 0 Å². The summed E-state index contributed by atoms with van der Waals surface area (Å²) in [7, 11) is 0. The van der Waals surface area contributed by atoms with Gasteiger partial charge in [-0.2, -0.15) is 0 Å². The molecular weight excluding hydrogens is 336 g/mol. The van der Waals surface area contributed by atoms with Crippen LogP contribution in [0.1, 0.15) is 155 Å². The third kappa shape index (κ3) is 25.5. The summed E-state index contributed by atoms with van der Waals surface area (Å²) >= 11 is 0. The highest BCUT2D eigenvalue weighted by Gasteiger charge is 1.95.